The molecule has 0 saturated carbocycles. The predicted octanol–water partition coefficient (Wildman–Crippen LogP) is 4.50. The SMILES string of the molecule is CCCN(CCC)c1cc(C)nc(N2CCCc3ccccc32)n1. The van der Waals surface area contributed by atoms with Crippen molar-refractivity contribution in [3.8, 4) is 0 Å². The van der Waals surface area contributed by atoms with E-state index in [2.05, 4.69) is 60.9 Å². The Labute approximate surface area is 145 Å². The Hall–Kier alpha value is -2.10. The largest absolute Gasteiger partial charge is 0.356 e. The molecule has 2 aromatic rings. The summed E-state index contributed by atoms with van der Waals surface area (Å²) in [5.41, 5.74) is 3.70. The van der Waals surface area contributed by atoms with Gasteiger partial charge in [-0.3, -0.25) is 0 Å². The van der Waals surface area contributed by atoms with Crippen molar-refractivity contribution in [2.24, 2.45) is 0 Å². The monoisotopic (exact) mass is 324 g/mol. The van der Waals surface area contributed by atoms with Gasteiger partial charge in [-0.15, -0.1) is 0 Å². The quantitative estimate of drug-likeness (QED) is 0.783. The molecule has 0 saturated heterocycles. The zero-order chi connectivity index (χ0) is 16.9. The van der Waals surface area contributed by atoms with Crippen LogP contribution >= 0.6 is 0 Å². The summed E-state index contributed by atoms with van der Waals surface area (Å²) in [6, 6.07) is 10.8. The molecule has 4 nitrogen and oxygen atoms in total. The highest BCUT2D eigenvalue weighted by atomic mass is 15.3. The fourth-order valence-corrected chi connectivity index (χ4v) is 3.44. The van der Waals surface area contributed by atoms with Crippen molar-refractivity contribution < 1.29 is 0 Å². The van der Waals surface area contributed by atoms with Gasteiger partial charge in [0.2, 0.25) is 5.95 Å². The summed E-state index contributed by atoms with van der Waals surface area (Å²) in [6.07, 6.45) is 4.55. The Balaban J connectivity index is 1.97. The first-order valence-corrected chi connectivity index (χ1v) is 9.19. The van der Waals surface area contributed by atoms with Gasteiger partial charge in [0.1, 0.15) is 5.82 Å². The third kappa shape index (κ3) is 3.53. The third-order valence-corrected chi connectivity index (χ3v) is 4.49. The Morgan fingerprint density at radius 3 is 2.58 bits per heavy atom. The second-order valence-corrected chi connectivity index (χ2v) is 6.54. The molecule has 1 aromatic heterocycles. The minimum atomic E-state index is 0.842. The van der Waals surface area contributed by atoms with Gasteiger partial charge in [-0.05, 0) is 44.2 Å². The highest BCUT2D eigenvalue weighted by Crippen LogP contribution is 2.32. The fourth-order valence-electron chi connectivity index (χ4n) is 3.44. The summed E-state index contributed by atoms with van der Waals surface area (Å²) in [6.45, 7) is 9.58. The van der Waals surface area contributed by atoms with Crippen molar-refractivity contribution in [1.82, 2.24) is 9.97 Å². The average Bonchev–Trinajstić information content (AvgIpc) is 2.60. The molecule has 0 unspecified atom stereocenters. The second-order valence-electron chi connectivity index (χ2n) is 6.54. The maximum absolute atomic E-state index is 4.93. The standard InChI is InChI=1S/C20H28N4/c1-4-12-23(13-5-2)19-15-16(3)21-20(22-19)24-14-8-10-17-9-6-7-11-18(17)24/h6-7,9,11,15H,4-5,8,10,12-14H2,1-3H3. The molecular formula is C20H28N4. The number of rotatable bonds is 6. The van der Waals surface area contributed by atoms with Gasteiger partial charge in [-0.25, -0.2) is 4.98 Å². The van der Waals surface area contributed by atoms with Gasteiger partial charge in [0.05, 0.1) is 0 Å². The van der Waals surface area contributed by atoms with E-state index in [1.807, 2.05) is 0 Å². The number of fused-ring (bicyclic) bond motifs is 1. The summed E-state index contributed by atoms with van der Waals surface area (Å²) in [7, 11) is 0. The van der Waals surface area contributed by atoms with Crippen molar-refractivity contribution >= 4 is 17.5 Å². The van der Waals surface area contributed by atoms with E-state index in [0.717, 1.165) is 62.8 Å². The molecule has 128 valence electrons. The lowest BCUT2D eigenvalue weighted by Crippen LogP contribution is -2.29. The Bertz CT molecular complexity index is 677. The molecule has 1 aromatic carbocycles. The molecule has 0 bridgehead atoms. The molecule has 0 N–H and O–H groups in total. The molecule has 0 spiro atoms. The van der Waals surface area contributed by atoms with Gasteiger partial charge in [0.15, 0.2) is 0 Å². The van der Waals surface area contributed by atoms with E-state index in [0.29, 0.717) is 0 Å². The molecule has 0 radical (unpaired) electrons. The van der Waals surface area contributed by atoms with Crippen LogP contribution in [0.5, 0.6) is 0 Å². The van der Waals surface area contributed by atoms with E-state index in [1.54, 1.807) is 0 Å². The molecule has 0 amide bonds. The average molecular weight is 324 g/mol. The summed E-state index contributed by atoms with van der Waals surface area (Å²) < 4.78 is 0. The van der Waals surface area contributed by atoms with Gasteiger partial charge in [0.25, 0.3) is 0 Å². The van der Waals surface area contributed by atoms with Gasteiger partial charge < -0.3 is 9.80 Å². The lowest BCUT2D eigenvalue weighted by atomic mass is 10.0. The van der Waals surface area contributed by atoms with Crippen molar-refractivity contribution in [2.75, 3.05) is 29.4 Å². The summed E-state index contributed by atoms with van der Waals surface area (Å²) in [4.78, 5) is 14.3. The molecular weight excluding hydrogens is 296 g/mol. The molecule has 4 heteroatoms. The van der Waals surface area contributed by atoms with Crippen LogP contribution in [0.15, 0.2) is 30.3 Å². The molecule has 3 rings (SSSR count). The van der Waals surface area contributed by atoms with E-state index in [9.17, 15) is 0 Å². The lowest BCUT2D eigenvalue weighted by Gasteiger charge is -2.31. The number of hydrogen-bond donors (Lipinski definition) is 0. The van der Waals surface area contributed by atoms with E-state index < -0.39 is 0 Å². The minimum absolute atomic E-state index is 0.842. The van der Waals surface area contributed by atoms with Crippen LogP contribution in [-0.4, -0.2) is 29.6 Å². The lowest BCUT2D eigenvalue weighted by molar-refractivity contribution is 0.721. The van der Waals surface area contributed by atoms with Crippen LogP contribution in [0.4, 0.5) is 17.5 Å². The molecule has 0 fully saturated rings. The number of hydrogen-bond acceptors (Lipinski definition) is 4. The zero-order valence-corrected chi connectivity index (χ0v) is 15.1. The van der Waals surface area contributed by atoms with Gasteiger partial charge >= 0.3 is 0 Å². The number of aryl methyl sites for hydroxylation is 2. The molecule has 0 aliphatic carbocycles. The molecule has 0 atom stereocenters. The van der Waals surface area contributed by atoms with Gasteiger partial charge in [-0.1, -0.05) is 32.0 Å². The first kappa shape index (κ1) is 16.7. The van der Waals surface area contributed by atoms with Crippen LogP contribution in [0, 0.1) is 6.92 Å². The molecule has 24 heavy (non-hydrogen) atoms. The Morgan fingerprint density at radius 2 is 1.83 bits per heavy atom. The number of anilines is 3. The van der Waals surface area contributed by atoms with Crippen LogP contribution in [0.25, 0.3) is 0 Å². The number of para-hydroxylation sites is 1. The second kappa shape index (κ2) is 7.65. The highest BCUT2D eigenvalue weighted by Gasteiger charge is 2.21. The van der Waals surface area contributed by atoms with Crippen molar-refractivity contribution in [1.29, 1.82) is 0 Å². The Morgan fingerprint density at radius 1 is 1.08 bits per heavy atom. The van der Waals surface area contributed by atoms with E-state index in [4.69, 9.17) is 9.97 Å². The smallest absolute Gasteiger partial charge is 0.232 e. The van der Waals surface area contributed by atoms with Crippen LogP contribution in [0.1, 0.15) is 44.4 Å². The maximum atomic E-state index is 4.93. The molecule has 1 aliphatic rings. The van der Waals surface area contributed by atoms with Crippen LogP contribution in [0.2, 0.25) is 0 Å². The summed E-state index contributed by atoms with van der Waals surface area (Å²) >= 11 is 0. The van der Waals surface area contributed by atoms with Crippen LogP contribution < -0.4 is 9.80 Å². The predicted molar refractivity (Wildman–Crippen MR) is 101 cm³/mol. The zero-order valence-electron chi connectivity index (χ0n) is 15.1. The van der Waals surface area contributed by atoms with E-state index in [-0.39, 0.29) is 0 Å². The van der Waals surface area contributed by atoms with Gasteiger partial charge in [-0.2, -0.15) is 4.98 Å². The summed E-state index contributed by atoms with van der Waals surface area (Å²) in [5.74, 6) is 1.90. The molecule has 2 heterocycles. The van der Waals surface area contributed by atoms with Gasteiger partial charge in [0, 0.05) is 37.1 Å². The fraction of sp³-hybridized carbons (Fsp3) is 0.500. The van der Waals surface area contributed by atoms with E-state index in [1.165, 1.54) is 11.3 Å². The van der Waals surface area contributed by atoms with E-state index >= 15 is 0 Å². The maximum Gasteiger partial charge on any atom is 0.232 e. The summed E-state index contributed by atoms with van der Waals surface area (Å²) in [5, 5.41) is 0. The van der Waals surface area contributed by atoms with Crippen molar-refractivity contribution in [3.05, 3.63) is 41.6 Å². The Kier molecular flexibility index (Phi) is 5.34. The normalized spacial score (nSPS) is 13.7. The number of aromatic nitrogens is 2. The number of benzene rings is 1. The first-order chi connectivity index (χ1) is 11.7. The third-order valence-electron chi connectivity index (χ3n) is 4.49. The highest BCUT2D eigenvalue weighted by molar-refractivity contribution is 5.64. The minimum Gasteiger partial charge on any atom is -0.356 e. The van der Waals surface area contributed by atoms with Crippen molar-refractivity contribution in [3.63, 3.8) is 0 Å². The topological polar surface area (TPSA) is 32.3 Å². The first-order valence-electron chi connectivity index (χ1n) is 9.19. The van der Waals surface area contributed by atoms with Crippen LogP contribution in [-0.2, 0) is 6.42 Å². The van der Waals surface area contributed by atoms with Crippen LogP contribution in [0.3, 0.4) is 0 Å². The number of nitrogens with zero attached hydrogens (tertiary/aromatic N) is 4. The molecule has 1 aliphatic heterocycles. The van der Waals surface area contributed by atoms with Crippen molar-refractivity contribution in [2.45, 2.75) is 46.5 Å².